The van der Waals surface area contributed by atoms with Crippen LogP contribution in [-0.2, 0) is 4.79 Å². The zero-order valence-electron chi connectivity index (χ0n) is 17.1. The second-order valence-electron chi connectivity index (χ2n) is 7.19. The number of carbonyl (C=O) groups is 2. The molecule has 1 saturated heterocycles. The molecule has 156 valence electrons. The van der Waals surface area contributed by atoms with Crippen molar-refractivity contribution < 1.29 is 14.3 Å². The summed E-state index contributed by atoms with van der Waals surface area (Å²) in [6, 6.07) is 7.20. The molecule has 7 nitrogen and oxygen atoms in total. The number of hydrogen-bond donors (Lipinski definition) is 2. The first kappa shape index (κ1) is 21.1. The van der Waals surface area contributed by atoms with Gasteiger partial charge in [0.1, 0.15) is 17.5 Å². The molecule has 8 heteroatoms. The van der Waals surface area contributed by atoms with Crippen LogP contribution in [0.15, 0.2) is 29.6 Å². The zero-order chi connectivity index (χ0) is 20.8. The number of para-hydroxylation sites is 2. The van der Waals surface area contributed by atoms with Gasteiger partial charge in [-0.15, -0.1) is 11.3 Å². The topological polar surface area (TPSA) is 83.6 Å². The summed E-state index contributed by atoms with van der Waals surface area (Å²) in [5.41, 5.74) is 1.14. The third-order valence-corrected chi connectivity index (χ3v) is 5.90. The third kappa shape index (κ3) is 5.06. The van der Waals surface area contributed by atoms with Crippen molar-refractivity contribution in [3.63, 3.8) is 0 Å². The molecule has 3 rings (SSSR count). The van der Waals surface area contributed by atoms with Gasteiger partial charge in [-0.3, -0.25) is 9.59 Å². The lowest BCUT2D eigenvalue weighted by Crippen LogP contribution is -2.53. The molecule has 1 aliphatic rings. The van der Waals surface area contributed by atoms with Crippen molar-refractivity contribution in [1.29, 1.82) is 0 Å². The summed E-state index contributed by atoms with van der Waals surface area (Å²) in [7, 11) is 1.61. The van der Waals surface area contributed by atoms with E-state index >= 15 is 0 Å². The maximum atomic E-state index is 13.1. The average Bonchev–Trinajstić information content (AvgIpc) is 3.22. The first-order chi connectivity index (χ1) is 14.0. The predicted octanol–water partition coefficient (Wildman–Crippen LogP) is 3.80. The largest absolute Gasteiger partial charge is 0.495 e. The van der Waals surface area contributed by atoms with E-state index < -0.39 is 6.04 Å². The molecular formula is C21H28N4O3S. The van der Waals surface area contributed by atoms with E-state index in [-0.39, 0.29) is 17.9 Å². The fourth-order valence-electron chi connectivity index (χ4n) is 3.33. The van der Waals surface area contributed by atoms with Crippen LogP contribution in [0.3, 0.4) is 0 Å². The Morgan fingerprint density at radius 2 is 2.14 bits per heavy atom. The molecule has 1 aliphatic heterocycles. The molecule has 2 unspecified atom stereocenters. The van der Waals surface area contributed by atoms with Gasteiger partial charge in [0.15, 0.2) is 5.13 Å². The molecule has 2 aromatic rings. The second kappa shape index (κ2) is 9.73. The molecule has 29 heavy (non-hydrogen) atoms. The maximum Gasteiger partial charge on any atom is 0.274 e. The molecule has 2 amide bonds. The number of rotatable bonds is 7. The van der Waals surface area contributed by atoms with Gasteiger partial charge >= 0.3 is 0 Å². The number of nitrogens with zero attached hydrogens (tertiary/aromatic N) is 2. The number of hydrogen-bond acceptors (Lipinski definition) is 6. The van der Waals surface area contributed by atoms with Gasteiger partial charge in [0.25, 0.3) is 5.91 Å². The van der Waals surface area contributed by atoms with E-state index in [9.17, 15) is 9.59 Å². The van der Waals surface area contributed by atoms with Crippen LogP contribution in [0.4, 0.5) is 10.8 Å². The molecule has 0 radical (unpaired) electrons. The summed E-state index contributed by atoms with van der Waals surface area (Å²) in [4.78, 5) is 31.9. The van der Waals surface area contributed by atoms with E-state index in [0.29, 0.717) is 29.5 Å². The number of anilines is 2. The number of carbonyl (C=O) groups excluding carboxylic acids is 2. The summed E-state index contributed by atoms with van der Waals surface area (Å²) in [6.07, 6.45) is 3.39. The van der Waals surface area contributed by atoms with Crippen molar-refractivity contribution in [2.75, 3.05) is 19.0 Å². The van der Waals surface area contributed by atoms with Gasteiger partial charge in [-0.1, -0.05) is 19.1 Å². The lowest BCUT2D eigenvalue weighted by atomic mass is 10.0. The quantitative estimate of drug-likeness (QED) is 0.717. The Balaban J connectivity index is 1.73. The minimum Gasteiger partial charge on any atom is -0.495 e. The SMILES string of the molecule is CCC(C)NC(=O)C1CCCCN1C(=O)c1csc(Nc2ccccc2OC)n1. The van der Waals surface area contributed by atoms with Gasteiger partial charge in [-0.05, 0) is 44.7 Å². The van der Waals surface area contributed by atoms with E-state index in [1.165, 1.54) is 11.3 Å². The van der Waals surface area contributed by atoms with Crippen LogP contribution in [0.2, 0.25) is 0 Å². The Morgan fingerprint density at radius 3 is 2.90 bits per heavy atom. The van der Waals surface area contributed by atoms with E-state index in [4.69, 9.17) is 4.74 Å². The van der Waals surface area contributed by atoms with Crippen molar-refractivity contribution in [2.45, 2.75) is 51.6 Å². The number of benzene rings is 1. The van der Waals surface area contributed by atoms with Crippen molar-refractivity contribution in [3.05, 3.63) is 35.3 Å². The Bertz CT molecular complexity index is 854. The monoisotopic (exact) mass is 416 g/mol. The highest BCUT2D eigenvalue weighted by molar-refractivity contribution is 7.14. The van der Waals surface area contributed by atoms with Crippen molar-refractivity contribution in [3.8, 4) is 5.75 Å². The summed E-state index contributed by atoms with van der Waals surface area (Å²) >= 11 is 1.35. The second-order valence-corrected chi connectivity index (χ2v) is 8.05. The molecular weight excluding hydrogens is 388 g/mol. The normalized spacial score (nSPS) is 17.5. The summed E-state index contributed by atoms with van der Waals surface area (Å²) in [6.45, 7) is 4.58. The minimum atomic E-state index is -0.433. The third-order valence-electron chi connectivity index (χ3n) is 5.14. The molecule has 1 aromatic heterocycles. The smallest absolute Gasteiger partial charge is 0.274 e. The molecule has 0 aliphatic carbocycles. The highest BCUT2D eigenvalue weighted by atomic mass is 32.1. The van der Waals surface area contributed by atoms with Crippen molar-refractivity contribution in [1.82, 2.24) is 15.2 Å². The molecule has 0 saturated carbocycles. The van der Waals surface area contributed by atoms with Crippen LogP contribution in [-0.4, -0.2) is 47.4 Å². The first-order valence-electron chi connectivity index (χ1n) is 10.0. The number of likely N-dealkylation sites (tertiary alicyclic amines) is 1. The van der Waals surface area contributed by atoms with Crippen LogP contribution >= 0.6 is 11.3 Å². The van der Waals surface area contributed by atoms with Crippen LogP contribution in [0.25, 0.3) is 0 Å². The number of nitrogens with one attached hydrogen (secondary N) is 2. The maximum absolute atomic E-state index is 13.1. The van der Waals surface area contributed by atoms with Crippen molar-refractivity contribution >= 4 is 34.0 Å². The highest BCUT2D eigenvalue weighted by Gasteiger charge is 2.34. The van der Waals surface area contributed by atoms with Crippen LogP contribution in [0.5, 0.6) is 5.75 Å². The molecule has 0 bridgehead atoms. The van der Waals surface area contributed by atoms with E-state index in [1.54, 1.807) is 17.4 Å². The summed E-state index contributed by atoms with van der Waals surface area (Å²) in [5, 5.41) is 8.55. The zero-order valence-corrected chi connectivity index (χ0v) is 17.9. The number of ether oxygens (including phenoxy) is 1. The number of piperidine rings is 1. The lowest BCUT2D eigenvalue weighted by molar-refractivity contribution is -0.127. The molecule has 2 atom stereocenters. The number of aromatic nitrogens is 1. The van der Waals surface area contributed by atoms with Gasteiger partial charge in [-0.25, -0.2) is 4.98 Å². The number of methoxy groups -OCH3 is 1. The van der Waals surface area contributed by atoms with Gasteiger partial charge in [-0.2, -0.15) is 0 Å². The van der Waals surface area contributed by atoms with Gasteiger partial charge in [0, 0.05) is 18.0 Å². The van der Waals surface area contributed by atoms with E-state index in [1.807, 2.05) is 38.1 Å². The Morgan fingerprint density at radius 1 is 1.34 bits per heavy atom. The van der Waals surface area contributed by atoms with Gasteiger partial charge in [0.2, 0.25) is 5.91 Å². The lowest BCUT2D eigenvalue weighted by Gasteiger charge is -2.34. The predicted molar refractivity (Wildman–Crippen MR) is 115 cm³/mol. The van der Waals surface area contributed by atoms with Crippen LogP contribution < -0.4 is 15.4 Å². The summed E-state index contributed by atoms with van der Waals surface area (Å²) in [5.74, 6) is 0.432. The van der Waals surface area contributed by atoms with E-state index in [0.717, 1.165) is 24.9 Å². The van der Waals surface area contributed by atoms with Crippen molar-refractivity contribution in [2.24, 2.45) is 0 Å². The Hall–Kier alpha value is -2.61. The molecule has 0 spiro atoms. The Labute approximate surface area is 175 Å². The van der Waals surface area contributed by atoms with E-state index in [2.05, 4.69) is 15.6 Å². The fourth-order valence-corrected chi connectivity index (χ4v) is 4.02. The highest BCUT2D eigenvalue weighted by Crippen LogP contribution is 2.29. The first-order valence-corrected chi connectivity index (χ1v) is 10.9. The standard InChI is InChI=1S/C21H28N4O3S/c1-4-14(2)22-19(26)17-10-7-8-12-25(17)20(27)16-13-29-21(24-16)23-15-9-5-6-11-18(15)28-3/h5-6,9,11,13-14,17H,4,7-8,10,12H2,1-3H3,(H,22,26)(H,23,24). The number of amides is 2. The van der Waals surface area contributed by atoms with Gasteiger partial charge in [0.05, 0.1) is 12.8 Å². The number of thiazole rings is 1. The molecule has 2 heterocycles. The molecule has 2 N–H and O–H groups in total. The molecule has 1 fully saturated rings. The fraction of sp³-hybridized carbons (Fsp3) is 0.476. The molecule has 1 aromatic carbocycles. The minimum absolute atomic E-state index is 0.0741. The average molecular weight is 417 g/mol. The Kier molecular flexibility index (Phi) is 7.09. The van der Waals surface area contributed by atoms with Crippen LogP contribution in [0, 0.1) is 0 Å². The summed E-state index contributed by atoms with van der Waals surface area (Å²) < 4.78 is 5.34. The van der Waals surface area contributed by atoms with Gasteiger partial charge < -0.3 is 20.3 Å². The van der Waals surface area contributed by atoms with Crippen LogP contribution in [0.1, 0.15) is 50.0 Å².